The Balaban J connectivity index is 1.76. The van der Waals surface area contributed by atoms with Gasteiger partial charge in [0, 0.05) is 42.5 Å². The van der Waals surface area contributed by atoms with E-state index in [1.54, 1.807) is 16.8 Å². The summed E-state index contributed by atoms with van der Waals surface area (Å²) in [5.41, 5.74) is 2.64. The van der Waals surface area contributed by atoms with Gasteiger partial charge in [-0.1, -0.05) is 15.9 Å². The number of halogens is 1. The fraction of sp³-hybridized carbons (Fsp3) is 0.368. The summed E-state index contributed by atoms with van der Waals surface area (Å²) in [6.07, 6.45) is 1.77. The van der Waals surface area contributed by atoms with Gasteiger partial charge in [-0.2, -0.15) is 5.26 Å². The third kappa shape index (κ3) is 4.15. The summed E-state index contributed by atoms with van der Waals surface area (Å²) in [5, 5.41) is 12.3. The molecule has 0 saturated carbocycles. The summed E-state index contributed by atoms with van der Waals surface area (Å²) in [4.78, 5) is 15.0. The molecule has 1 N–H and O–H groups in total. The summed E-state index contributed by atoms with van der Waals surface area (Å²) < 4.78 is 8.09. The number of benzene rings is 1. The molecule has 7 heteroatoms. The first-order valence-corrected chi connectivity index (χ1v) is 9.35. The molecule has 0 unspecified atom stereocenters. The maximum absolute atomic E-state index is 12.8. The third-order valence-electron chi connectivity index (χ3n) is 4.46. The van der Waals surface area contributed by atoms with E-state index in [9.17, 15) is 10.1 Å². The number of rotatable bonds is 5. The first-order valence-electron chi connectivity index (χ1n) is 8.56. The van der Waals surface area contributed by atoms with Gasteiger partial charge in [-0.3, -0.25) is 9.69 Å². The van der Waals surface area contributed by atoms with Gasteiger partial charge in [0.2, 0.25) is 0 Å². The van der Waals surface area contributed by atoms with Crippen LogP contribution in [0.4, 0.5) is 0 Å². The van der Waals surface area contributed by atoms with Crippen LogP contribution in [-0.2, 0) is 4.74 Å². The number of nitriles is 1. The standard InChI is InChI=1S/C19H21BrN4O2/c1-14-12-16(20)2-3-17(14)24-6-4-15(13-21)18(24)19(25)22-5-7-23-8-10-26-11-9-23/h2-4,6,12H,5,7-11H2,1H3,(H,22,25). The fourth-order valence-electron chi connectivity index (χ4n) is 3.08. The highest BCUT2D eigenvalue weighted by atomic mass is 79.9. The number of nitrogens with zero attached hydrogens (tertiary/aromatic N) is 3. The second kappa shape index (κ2) is 8.49. The largest absolute Gasteiger partial charge is 0.379 e. The Kier molecular flexibility index (Phi) is 6.09. The molecule has 1 aromatic heterocycles. The lowest BCUT2D eigenvalue weighted by Crippen LogP contribution is -2.41. The van der Waals surface area contributed by atoms with Crippen molar-refractivity contribution in [2.45, 2.75) is 6.92 Å². The molecule has 2 heterocycles. The minimum atomic E-state index is -0.234. The van der Waals surface area contributed by atoms with Crippen molar-refractivity contribution >= 4 is 21.8 Å². The molecule has 0 aliphatic carbocycles. The van der Waals surface area contributed by atoms with Crippen LogP contribution in [-0.4, -0.2) is 54.8 Å². The van der Waals surface area contributed by atoms with Gasteiger partial charge in [-0.15, -0.1) is 0 Å². The quantitative estimate of drug-likeness (QED) is 0.812. The Morgan fingerprint density at radius 3 is 2.81 bits per heavy atom. The molecule has 1 saturated heterocycles. The molecule has 0 bridgehead atoms. The molecule has 26 heavy (non-hydrogen) atoms. The van der Waals surface area contributed by atoms with Crippen molar-refractivity contribution in [1.29, 1.82) is 5.26 Å². The van der Waals surface area contributed by atoms with Crippen molar-refractivity contribution in [3.05, 3.63) is 51.8 Å². The molecule has 1 amide bonds. The zero-order chi connectivity index (χ0) is 18.5. The molecular weight excluding hydrogens is 396 g/mol. The first-order chi connectivity index (χ1) is 12.6. The van der Waals surface area contributed by atoms with Gasteiger partial charge < -0.3 is 14.6 Å². The van der Waals surface area contributed by atoms with Gasteiger partial charge in [0.1, 0.15) is 11.8 Å². The highest BCUT2D eigenvalue weighted by molar-refractivity contribution is 9.10. The van der Waals surface area contributed by atoms with Gasteiger partial charge in [0.15, 0.2) is 0 Å². The van der Waals surface area contributed by atoms with E-state index in [1.165, 1.54) is 0 Å². The van der Waals surface area contributed by atoms with Gasteiger partial charge >= 0.3 is 0 Å². The Morgan fingerprint density at radius 2 is 2.12 bits per heavy atom. The predicted octanol–water partition coefficient (Wildman–Crippen LogP) is 2.48. The molecular formula is C19H21BrN4O2. The van der Waals surface area contributed by atoms with Crippen molar-refractivity contribution in [3.8, 4) is 11.8 Å². The second-order valence-electron chi connectivity index (χ2n) is 6.20. The van der Waals surface area contributed by atoms with Crippen LogP contribution in [0.2, 0.25) is 0 Å². The Labute approximate surface area is 161 Å². The molecule has 6 nitrogen and oxygen atoms in total. The molecule has 3 rings (SSSR count). The number of ether oxygens (including phenoxy) is 1. The molecule has 1 fully saturated rings. The predicted molar refractivity (Wildman–Crippen MR) is 103 cm³/mol. The zero-order valence-corrected chi connectivity index (χ0v) is 16.3. The highest BCUT2D eigenvalue weighted by Crippen LogP contribution is 2.23. The number of amides is 1. The second-order valence-corrected chi connectivity index (χ2v) is 7.12. The topological polar surface area (TPSA) is 70.3 Å². The van der Waals surface area contributed by atoms with Crippen LogP contribution in [0.5, 0.6) is 0 Å². The van der Waals surface area contributed by atoms with Gasteiger partial charge in [-0.05, 0) is 36.8 Å². The van der Waals surface area contributed by atoms with Crippen molar-refractivity contribution in [2.24, 2.45) is 0 Å². The van der Waals surface area contributed by atoms with Crippen LogP contribution in [0.3, 0.4) is 0 Å². The molecule has 136 valence electrons. The maximum Gasteiger partial charge on any atom is 0.269 e. The van der Waals surface area contributed by atoms with E-state index in [2.05, 4.69) is 32.2 Å². The van der Waals surface area contributed by atoms with Crippen LogP contribution < -0.4 is 5.32 Å². The van der Waals surface area contributed by atoms with E-state index in [0.717, 1.165) is 48.6 Å². The van der Waals surface area contributed by atoms with Crippen molar-refractivity contribution in [2.75, 3.05) is 39.4 Å². The lowest BCUT2D eigenvalue weighted by molar-refractivity contribution is 0.0383. The number of carbonyl (C=O) groups excluding carboxylic acids is 1. The number of aryl methyl sites for hydroxylation is 1. The number of carbonyl (C=O) groups is 1. The summed E-state index contributed by atoms with van der Waals surface area (Å²) in [6.45, 7) is 6.52. The first kappa shape index (κ1) is 18.6. The minimum Gasteiger partial charge on any atom is -0.379 e. The van der Waals surface area contributed by atoms with Crippen LogP contribution in [0.15, 0.2) is 34.9 Å². The normalized spacial score (nSPS) is 14.8. The fourth-order valence-corrected chi connectivity index (χ4v) is 3.56. The van der Waals surface area contributed by atoms with Crippen molar-refractivity contribution in [3.63, 3.8) is 0 Å². The number of hydrogen-bond acceptors (Lipinski definition) is 4. The Morgan fingerprint density at radius 1 is 1.35 bits per heavy atom. The molecule has 1 aromatic carbocycles. The van der Waals surface area contributed by atoms with E-state index in [1.807, 2.05) is 25.1 Å². The summed E-state index contributed by atoms with van der Waals surface area (Å²) in [6, 6.07) is 9.65. The molecule has 1 aliphatic rings. The van der Waals surface area contributed by atoms with Gasteiger partial charge in [0.05, 0.1) is 18.8 Å². The number of hydrogen-bond donors (Lipinski definition) is 1. The number of nitrogens with one attached hydrogen (secondary N) is 1. The SMILES string of the molecule is Cc1cc(Br)ccc1-n1ccc(C#N)c1C(=O)NCCN1CCOCC1. The molecule has 1 aliphatic heterocycles. The smallest absolute Gasteiger partial charge is 0.269 e. The third-order valence-corrected chi connectivity index (χ3v) is 4.95. The average molecular weight is 417 g/mol. The van der Waals surface area contributed by atoms with Crippen LogP contribution >= 0.6 is 15.9 Å². The molecule has 0 radical (unpaired) electrons. The van der Waals surface area contributed by atoms with Crippen LogP contribution in [0.1, 0.15) is 21.6 Å². The lowest BCUT2D eigenvalue weighted by atomic mass is 10.2. The van der Waals surface area contributed by atoms with Gasteiger partial charge in [-0.25, -0.2) is 0 Å². The van der Waals surface area contributed by atoms with E-state index in [4.69, 9.17) is 4.74 Å². The Hall–Kier alpha value is -2.14. The van der Waals surface area contributed by atoms with Crippen molar-refractivity contribution < 1.29 is 9.53 Å². The van der Waals surface area contributed by atoms with Crippen molar-refractivity contribution in [1.82, 2.24) is 14.8 Å². The zero-order valence-electron chi connectivity index (χ0n) is 14.7. The highest BCUT2D eigenvalue weighted by Gasteiger charge is 2.19. The number of aromatic nitrogens is 1. The Bertz CT molecular complexity index is 835. The number of morpholine rings is 1. The average Bonchev–Trinajstić information content (AvgIpc) is 3.06. The molecule has 2 aromatic rings. The summed E-state index contributed by atoms with van der Waals surface area (Å²) in [7, 11) is 0. The lowest BCUT2D eigenvalue weighted by Gasteiger charge is -2.26. The van der Waals surface area contributed by atoms with Crippen LogP contribution in [0.25, 0.3) is 5.69 Å². The van der Waals surface area contributed by atoms with E-state index in [-0.39, 0.29) is 5.91 Å². The summed E-state index contributed by atoms with van der Waals surface area (Å²) in [5.74, 6) is -0.234. The minimum absolute atomic E-state index is 0.234. The van der Waals surface area contributed by atoms with Crippen LogP contribution in [0, 0.1) is 18.3 Å². The monoisotopic (exact) mass is 416 g/mol. The summed E-state index contributed by atoms with van der Waals surface area (Å²) >= 11 is 3.45. The van der Waals surface area contributed by atoms with E-state index in [0.29, 0.717) is 17.8 Å². The molecule has 0 spiro atoms. The van der Waals surface area contributed by atoms with E-state index < -0.39 is 0 Å². The van der Waals surface area contributed by atoms with E-state index >= 15 is 0 Å². The molecule has 0 atom stereocenters. The maximum atomic E-state index is 12.8. The van der Waals surface area contributed by atoms with Gasteiger partial charge in [0.25, 0.3) is 5.91 Å².